The van der Waals surface area contributed by atoms with Gasteiger partial charge < -0.3 is 30.4 Å². The molecule has 2 amide bonds. The summed E-state index contributed by atoms with van der Waals surface area (Å²) in [5.41, 5.74) is 10.0. The number of amides is 2. The molecule has 0 saturated heterocycles. The third-order valence-electron chi connectivity index (χ3n) is 5.86. The minimum atomic E-state index is -0.768. The Bertz CT molecular complexity index is 1260. The smallest absolute Gasteiger partial charge is 0.407 e. The average molecular weight is 574 g/mol. The van der Waals surface area contributed by atoms with Gasteiger partial charge in [-0.3, -0.25) is 0 Å². The second-order valence-electron chi connectivity index (χ2n) is 8.43. The number of nitrogens with two attached hydrogens (primary N) is 1. The molecule has 0 fully saturated rings. The third-order valence-corrected chi connectivity index (χ3v) is 8.19. The first-order valence-corrected chi connectivity index (χ1v) is 15.0. The van der Waals surface area contributed by atoms with Gasteiger partial charge in [-0.1, -0.05) is 75.3 Å². The molecule has 13 heteroatoms. The Kier molecular flexibility index (Phi) is 10.9. The van der Waals surface area contributed by atoms with Crippen molar-refractivity contribution in [2.45, 2.75) is 19.1 Å². The number of hydrogen-bond donors (Lipinski definition) is 3. The molecule has 4 rings (SSSR count). The number of nitrogens with one attached hydrogen (secondary N) is 1. The quantitative estimate of drug-likeness (QED) is 0.205. The number of nitrogens with zero attached hydrogens (tertiary/aromatic N) is 3. The fourth-order valence-corrected chi connectivity index (χ4v) is 5.92. The molecule has 1 heterocycles. The van der Waals surface area contributed by atoms with Gasteiger partial charge in [0.15, 0.2) is 0 Å². The molecule has 1 atom stereocenters. The number of fused-ring (bicyclic) bond motifs is 5. The van der Waals surface area contributed by atoms with Crippen molar-refractivity contribution in [3.8, 4) is 22.5 Å². The van der Waals surface area contributed by atoms with Crippen molar-refractivity contribution in [2.24, 2.45) is 5.73 Å². The molecule has 0 saturated carbocycles. The van der Waals surface area contributed by atoms with Crippen LogP contribution in [0.3, 0.4) is 0 Å². The lowest BCUT2D eigenvalue weighted by Crippen LogP contribution is -2.30. The summed E-state index contributed by atoms with van der Waals surface area (Å²) in [6.45, 7) is 1.69. The van der Waals surface area contributed by atoms with Gasteiger partial charge in [0.05, 0.1) is 32.1 Å². The minimum absolute atomic E-state index is 0.0759. The highest BCUT2D eigenvalue weighted by molar-refractivity contribution is 8.76. The van der Waals surface area contributed by atoms with Crippen LogP contribution < -0.4 is 11.1 Å². The maximum atomic E-state index is 12.8. The fraction of sp³-hybridized carbons (Fsp3) is 0.385. The predicted octanol–water partition coefficient (Wildman–Crippen LogP) is 3.42. The van der Waals surface area contributed by atoms with E-state index in [-0.39, 0.29) is 13.2 Å². The summed E-state index contributed by atoms with van der Waals surface area (Å²) in [6, 6.07) is 15.6. The Morgan fingerprint density at radius 3 is 2.59 bits per heavy atom. The molecule has 11 nitrogen and oxygen atoms in total. The van der Waals surface area contributed by atoms with E-state index < -0.39 is 18.3 Å². The highest BCUT2D eigenvalue weighted by atomic mass is 33.1. The molecule has 0 radical (unpaired) electrons. The average Bonchev–Trinajstić information content (AvgIpc) is 3.33. The molecule has 1 aromatic heterocycles. The number of rotatable bonds is 13. The van der Waals surface area contributed by atoms with E-state index in [2.05, 4.69) is 20.4 Å². The Balaban J connectivity index is 1.34. The van der Waals surface area contributed by atoms with Crippen LogP contribution in [0.5, 0.6) is 0 Å². The van der Waals surface area contributed by atoms with Crippen molar-refractivity contribution in [3.05, 3.63) is 59.7 Å². The Morgan fingerprint density at radius 2 is 1.79 bits per heavy atom. The van der Waals surface area contributed by atoms with Gasteiger partial charge >= 0.3 is 12.2 Å². The zero-order valence-electron chi connectivity index (χ0n) is 21.3. The largest absolute Gasteiger partial charge is 0.449 e. The SMILES string of the molecule is NC(=O)OCCSSCCOCCNC(=O)OC1Cc2ccccc2-c2nnn(CCO)c2-c2ccccc21. The lowest BCUT2D eigenvalue weighted by molar-refractivity contribution is 0.0922. The number of benzene rings is 2. The highest BCUT2D eigenvalue weighted by Crippen LogP contribution is 2.41. The monoisotopic (exact) mass is 573 g/mol. The lowest BCUT2D eigenvalue weighted by atomic mass is 9.87. The van der Waals surface area contributed by atoms with E-state index in [1.807, 2.05) is 48.5 Å². The highest BCUT2D eigenvalue weighted by Gasteiger charge is 2.29. The van der Waals surface area contributed by atoms with Crippen molar-refractivity contribution in [3.63, 3.8) is 0 Å². The molecule has 39 heavy (non-hydrogen) atoms. The number of aromatic nitrogens is 3. The van der Waals surface area contributed by atoms with Gasteiger partial charge in [-0.2, -0.15) is 0 Å². The molecule has 1 aliphatic carbocycles. The number of ether oxygens (including phenoxy) is 3. The zero-order valence-corrected chi connectivity index (χ0v) is 22.9. The summed E-state index contributed by atoms with van der Waals surface area (Å²) in [5.74, 6) is 1.41. The molecular formula is C26H31N5O6S2. The summed E-state index contributed by atoms with van der Waals surface area (Å²) >= 11 is 0. The first-order chi connectivity index (χ1) is 19.1. The van der Waals surface area contributed by atoms with E-state index in [0.717, 1.165) is 39.4 Å². The molecular weight excluding hydrogens is 542 g/mol. The van der Waals surface area contributed by atoms with E-state index in [1.165, 1.54) is 0 Å². The molecule has 0 spiro atoms. The molecule has 0 bridgehead atoms. The van der Waals surface area contributed by atoms with Crippen molar-refractivity contribution in [1.82, 2.24) is 20.3 Å². The van der Waals surface area contributed by atoms with Crippen LogP contribution in [0.1, 0.15) is 17.2 Å². The van der Waals surface area contributed by atoms with Crippen LogP contribution in [0.15, 0.2) is 48.5 Å². The van der Waals surface area contributed by atoms with Crippen LogP contribution in [0, 0.1) is 0 Å². The summed E-state index contributed by atoms with van der Waals surface area (Å²) in [7, 11) is 3.18. The maximum Gasteiger partial charge on any atom is 0.407 e. The first-order valence-electron chi connectivity index (χ1n) is 12.5. The third kappa shape index (κ3) is 7.88. The maximum absolute atomic E-state index is 12.8. The van der Waals surface area contributed by atoms with Crippen LogP contribution in [0.4, 0.5) is 9.59 Å². The molecule has 2 aromatic carbocycles. The van der Waals surface area contributed by atoms with Crippen LogP contribution >= 0.6 is 21.6 Å². The van der Waals surface area contributed by atoms with Gasteiger partial charge in [0.25, 0.3) is 0 Å². The lowest BCUT2D eigenvalue weighted by Gasteiger charge is -2.25. The van der Waals surface area contributed by atoms with Gasteiger partial charge in [0, 0.05) is 41.2 Å². The van der Waals surface area contributed by atoms with E-state index in [1.54, 1.807) is 26.3 Å². The topological polar surface area (TPSA) is 151 Å². The van der Waals surface area contributed by atoms with Crippen molar-refractivity contribution in [1.29, 1.82) is 0 Å². The van der Waals surface area contributed by atoms with Crippen molar-refractivity contribution >= 4 is 33.8 Å². The van der Waals surface area contributed by atoms with Gasteiger partial charge in [-0.15, -0.1) is 5.10 Å². The molecule has 1 aliphatic rings. The Morgan fingerprint density at radius 1 is 1.05 bits per heavy atom. The van der Waals surface area contributed by atoms with Crippen molar-refractivity contribution < 1.29 is 28.9 Å². The van der Waals surface area contributed by atoms with E-state index >= 15 is 0 Å². The molecule has 4 N–H and O–H groups in total. The predicted molar refractivity (Wildman–Crippen MR) is 150 cm³/mol. The molecule has 1 unspecified atom stereocenters. The molecule has 0 aliphatic heterocycles. The fourth-order valence-electron chi connectivity index (χ4n) is 4.24. The van der Waals surface area contributed by atoms with Crippen LogP contribution in [-0.4, -0.2) is 76.8 Å². The number of hydrogen-bond acceptors (Lipinski definition) is 10. The second kappa shape index (κ2) is 14.8. The number of alkyl carbamates (subject to hydrolysis) is 1. The van der Waals surface area contributed by atoms with Crippen LogP contribution in [0.25, 0.3) is 22.5 Å². The summed E-state index contributed by atoms with van der Waals surface area (Å²) in [5, 5.41) is 21.1. The first kappa shape index (κ1) is 28.7. The van der Waals surface area contributed by atoms with Crippen molar-refractivity contribution in [2.75, 3.05) is 44.5 Å². The summed E-state index contributed by atoms with van der Waals surface area (Å²) in [4.78, 5) is 23.3. The van der Waals surface area contributed by atoms with Gasteiger partial charge in [-0.25, -0.2) is 14.3 Å². The normalized spacial score (nSPS) is 13.8. The van der Waals surface area contributed by atoms with E-state index in [0.29, 0.717) is 38.5 Å². The van der Waals surface area contributed by atoms with E-state index in [9.17, 15) is 14.7 Å². The number of aliphatic hydroxyl groups excluding tert-OH is 1. The Labute approximate surface area is 234 Å². The van der Waals surface area contributed by atoms with Gasteiger partial charge in [-0.05, 0) is 5.56 Å². The minimum Gasteiger partial charge on any atom is -0.449 e. The number of carbonyl (C=O) groups excluding carboxylic acids is 2. The number of primary amides is 1. The summed E-state index contributed by atoms with van der Waals surface area (Å²) < 4.78 is 17.9. The number of aliphatic hydroxyl groups is 1. The van der Waals surface area contributed by atoms with Crippen LogP contribution in [0.2, 0.25) is 0 Å². The summed E-state index contributed by atoms with van der Waals surface area (Å²) in [6.07, 6.45) is -1.36. The van der Waals surface area contributed by atoms with Gasteiger partial charge in [0.2, 0.25) is 0 Å². The van der Waals surface area contributed by atoms with Gasteiger partial charge in [0.1, 0.15) is 18.4 Å². The van der Waals surface area contributed by atoms with E-state index in [4.69, 9.17) is 15.2 Å². The standard InChI is InChI=1S/C26H31N5O6S2/c27-25(33)36-14-16-39-38-15-13-35-12-9-28-26(34)37-22-17-18-5-1-2-6-19(18)23-24(31(10-11-32)30-29-23)21-8-4-3-7-20(21)22/h1-8,22,32H,9-17H2,(H2,27,33)(H,28,34). The Hall–Kier alpha value is -3.26. The van der Waals surface area contributed by atoms with Crippen LogP contribution in [-0.2, 0) is 27.2 Å². The second-order valence-corrected chi connectivity index (χ2v) is 11.1. The number of carbonyl (C=O) groups is 2. The zero-order chi connectivity index (χ0) is 27.5. The molecule has 208 valence electrons. The molecule has 3 aromatic rings.